The topological polar surface area (TPSA) is 95.6 Å². The van der Waals surface area contributed by atoms with Crippen molar-refractivity contribution in [1.29, 1.82) is 0 Å². The summed E-state index contributed by atoms with van der Waals surface area (Å²) in [6.45, 7) is 0.680. The summed E-state index contributed by atoms with van der Waals surface area (Å²) in [5.74, 6) is -0.0455. The smallest absolute Gasteiger partial charge is 0.319 e. The number of benzene rings is 1. The van der Waals surface area contributed by atoms with Crippen LogP contribution in [-0.2, 0) is 14.6 Å². The molecule has 122 valence electrons. The minimum Gasteiger partial charge on any atom is -0.331 e. The van der Waals surface area contributed by atoms with E-state index >= 15 is 0 Å². The Balaban J connectivity index is 1.63. The average Bonchev–Trinajstić information content (AvgIpc) is 3.04. The summed E-state index contributed by atoms with van der Waals surface area (Å²) in [4.78, 5) is 25.4. The number of rotatable bonds is 3. The first-order valence-electron chi connectivity index (χ1n) is 7.32. The standard InChI is InChI=1S/C15H17N3O4S/c19-14-5-2-7-18(14)13-4-1-3-11(9-13)16-15(20)17-12-6-8-23(21,22)10-12/h1,3-4,6,8-9,12H,2,5,7,10H2,(H2,16,17,20)/t12-/m0/s1. The zero-order valence-electron chi connectivity index (χ0n) is 12.4. The van der Waals surface area contributed by atoms with Crippen LogP contribution in [0.1, 0.15) is 12.8 Å². The first-order valence-corrected chi connectivity index (χ1v) is 9.03. The van der Waals surface area contributed by atoms with E-state index in [2.05, 4.69) is 10.6 Å². The number of nitrogens with zero attached hydrogens (tertiary/aromatic N) is 1. The predicted octanol–water partition coefficient (Wildman–Crippen LogP) is 1.25. The number of amides is 3. The van der Waals surface area contributed by atoms with Gasteiger partial charge < -0.3 is 15.5 Å². The van der Waals surface area contributed by atoms with Crippen LogP contribution in [0, 0.1) is 0 Å². The summed E-state index contributed by atoms with van der Waals surface area (Å²) in [5, 5.41) is 6.35. The number of anilines is 2. The normalized spacial score (nSPS) is 22.3. The minimum atomic E-state index is -3.21. The first kappa shape index (κ1) is 15.5. The fourth-order valence-corrected chi connectivity index (χ4v) is 3.91. The highest BCUT2D eigenvalue weighted by molar-refractivity contribution is 7.94. The van der Waals surface area contributed by atoms with E-state index in [1.807, 2.05) is 6.07 Å². The Morgan fingerprint density at radius 1 is 1.30 bits per heavy atom. The summed E-state index contributed by atoms with van der Waals surface area (Å²) in [5.41, 5.74) is 1.29. The Bertz CT molecular complexity index is 773. The van der Waals surface area contributed by atoms with Crippen molar-refractivity contribution < 1.29 is 18.0 Å². The molecule has 0 saturated carbocycles. The SMILES string of the molecule is O=C(Nc1cccc(N2CCCC2=O)c1)N[C@H]1C=CS(=O)(=O)C1. The molecule has 1 aromatic carbocycles. The molecule has 1 saturated heterocycles. The first-order chi connectivity index (χ1) is 10.9. The van der Waals surface area contributed by atoms with Crippen molar-refractivity contribution in [3.63, 3.8) is 0 Å². The maximum absolute atomic E-state index is 11.9. The Morgan fingerprint density at radius 2 is 2.13 bits per heavy atom. The van der Waals surface area contributed by atoms with Gasteiger partial charge in [-0.1, -0.05) is 6.07 Å². The van der Waals surface area contributed by atoms with Crippen molar-refractivity contribution in [2.75, 3.05) is 22.5 Å². The second-order valence-corrected chi connectivity index (χ2v) is 7.49. The van der Waals surface area contributed by atoms with Gasteiger partial charge >= 0.3 is 6.03 Å². The van der Waals surface area contributed by atoms with E-state index in [-0.39, 0.29) is 11.7 Å². The highest BCUT2D eigenvalue weighted by atomic mass is 32.2. The third kappa shape index (κ3) is 3.70. The van der Waals surface area contributed by atoms with Crippen molar-refractivity contribution in [2.45, 2.75) is 18.9 Å². The fourth-order valence-electron chi connectivity index (χ4n) is 2.67. The van der Waals surface area contributed by atoms with E-state index in [4.69, 9.17) is 0 Å². The van der Waals surface area contributed by atoms with Crippen LogP contribution in [0.3, 0.4) is 0 Å². The number of nitrogens with one attached hydrogen (secondary N) is 2. The van der Waals surface area contributed by atoms with E-state index in [0.29, 0.717) is 18.7 Å². The van der Waals surface area contributed by atoms with Crippen molar-refractivity contribution in [3.8, 4) is 0 Å². The van der Waals surface area contributed by atoms with Gasteiger partial charge in [0.1, 0.15) is 0 Å². The molecule has 0 aromatic heterocycles. The van der Waals surface area contributed by atoms with Gasteiger partial charge in [0.15, 0.2) is 9.84 Å². The number of sulfone groups is 1. The molecule has 2 heterocycles. The van der Waals surface area contributed by atoms with E-state index < -0.39 is 21.9 Å². The second-order valence-electron chi connectivity index (χ2n) is 5.56. The van der Waals surface area contributed by atoms with E-state index in [1.54, 1.807) is 23.1 Å². The van der Waals surface area contributed by atoms with Crippen LogP contribution in [0.2, 0.25) is 0 Å². The molecule has 0 unspecified atom stereocenters. The number of hydrogen-bond donors (Lipinski definition) is 2. The Kier molecular flexibility index (Phi) is 4.08. The Hall–Kier alpha value is -2.35. The largest absolute Gasteiger partial charge is 0.331 e. The molecule has 1 aromatic rings. The zero-order valence-corrected chi connectivity index (χ0v) is 13.2. The van der Waals surface area contributed by atoms with E-state index in [1.165, 1.54) is 6.08 Å². The summed E-state index contributed by atoms with van der Waals surface area (Å²) in [6, 6.07) is 6.01. The van der Waals surface area contributed by atoms with Crippen molar-refractivity contribution in [2.24, 2.45) is 0 Å². The second kappa shape index (κ2) is 6.04. The quantitative estimate of drug-likeness (QED) is 0.869. The summed E-state index contributed by atoms with van der Waals surface area (Å²) in [7, 11) is -3.21. The van der Waals surface area contributed by atoms with Gasteiger partial charge in [0.05, 0.1) is 11.8 Å². The molecule has 1 atom stereocenters. The van der Waals surface area contributed by atoms with Gasteiger partial charge in [-0.2, -0.15) is 0 Å². The molecule has 0 radical (unpaired) electrons. The van der Waals surface area contributed by atoms with Gasteiger partial charge in [0.25, 0.3) is 0 Å². The monoisotopic (exact) mass is 335 g/mol. The molecule has 3 amide bonds. The fraction of sp³-hybridized carbons (Fsp3) is 0.333. The molecule has 23 heavy (non-hydrogen) atoms. The summed E-state index contributed by atoms with van der Waals surface area (Å²) >= 11 is 0. The molecule has 7 nitrogen and oxygen atoms in total. The third-order valence-corrected chi connectivity index (χ3v) is 5.13. The molecule has 2 N–H and O–H groups in total. The summed E-state index contributed by atoms with van der Waals surface area (Å²) < 4.78 is 22.6. The lowest BCUT2D eigenvalue weighted by atomic mass is 10.2. The van der Waals surface area contributed by atoms with Gasteiger partial charge in [0, 0.05) is 29.7 Å². The highest BCUT2D eigenvalue weighted by Gasteiger charge is 2.24. The van der Waals surface area contributed by atoms with Crippen molar-refractivity contribution in [1.82, 2.24) is 5.32 Å². The van der Waals surface area contributed by atoms with Crippen LogP contribution >= 0.6 is 0 Å². The molecule has 0 spiro atoms. The Morgan fingerprint density at radius 3 is 2.78 bits per heavy atom. The molecular weight excluding hydrogens is 318 g/mol. The number of hydrogen-bond acceptors (Lipinski definition) is 4. The van der Waals surface area contributed by atoms with Crippen LogP contribution in [0.4, 0.5) is 16.2 Å². The molecule has 2 aliphatic heterocycles. The van der Waals surface area contributed by atoms with Crippen LogP contribution in [-0.4, -0.2) is 38.7 Å². The Labute approximate surface area is 134 Å². The van der Waals surface area contributed by atoms with Crippen LogP contribution in [0.25, 0.3) is 0 Å². The molecule has 0 aliphatic carbocycles. The van der Waals surface area contributed by atoms with Gasteiger partial charge in [-0.3, -0.25) is 4.79 Å². The molecule has 2 aliphatic rings. The minimum absolute atomic E-state index is 0.0768. The predicted molar refractivity (Wildman–Crippen MR) is 86.9 cm³/mol. The third-order valence-electron chi connectivity index (χ3n) is 3.74. The molecule has 3 rings (SSSR count). The van der Waals surface area contributed by atoms with Crippen molar-refractivity contribution in [3.05, 3.63) is 35.7 Å². The molecule has 0 bridgehead atoms. The van der Waals surface area contributed by atoms with E-state index in [0.717, 1.165) is 17.5 Å². The lowest BCUT2D eigenvalue weighted by Gasteiger charge is -2.17. The lowest BCUT2D eigenvalue weighted by molar-refractivity contribution is -0.117. The van der Waals surface area contributed by atoms with Crippen LogP contribution in [0.15, 0.2) is 35.7 Å². The lowest BCUT2D eigenvalue weighted by Crippen LogP contribution is -2.38. The maximum Gasteiger partial charge on any atom is 0.319 e. The number of carbonyl (C=O) groups excluding carboxylic acids is 2. The number of urea groups is 1. The maximum atomic E-state index is 11.9. The number of carbonyl (C=O) groups is 2. The zero-order chi connectivity index (χ0) is 16.4. The van der Waals surface area contributed by atoms with Gasteiger partial charge in [-0.05, 0) is 30.7 Å². The molecular formula is C15H17N3O4S. The molecule has 8 heteroatoms. The van der Waals surface area contributed by atoms with Crippen LogP contribution in [0.5, 0.6) is 0 Å². The van der Waals surface area contributed by atoms with Crippen molar-refractivity contribution >= 4 is 33.2 Å². The molecule has 1 fully saturated rings. The van der Waals surface area contributed by atoms with Gasteiger partial charge in [-0.25, -0.2) is 13.2 Å². The average molecular weight is 335 g/mol. The van der Waals surface area contributed by atoms with Gasteiger partial charge in [0.2, 0.25) is 5.91 Å². The highest BCUT2D eigenvalue weighted by Crippen LogP contribution is 2.24. The van der Waals surface area contributed by atoms with Crippen LogP contribution < -0.4 is 15.5 Å². The van der Waals surface area contributed by atoms with E-state index in [9.17, 15) is 18.0 Å². The summed E-state index contributed by atoms with van der Waals surface area (Å²) in [6.07, 6.45) is 2.83. The van der Waals surface area contributed by atoms with Gasteiger partial charge in [-0.15, -0.1) is 0 Å².